The first-order chi connectivity index (χ1) is 21.2. The van der Waals surface area contributed by atoms with Crippen LogP contribution in [-0.4, -0.2) is 118 Å². The predicted octanol–water partition coefficient (Wildman–Crippen LogP) is -4.11. The Morgan fingerprint density at radius 1 is 0.711 bits per heavy atom. The Kier molecular flexibility index (Phi) is 21.1. The van der Waals surface area contributed by atoms with Crippen LogP contribution in [0.5, 0.6) is 0 Å². The third kappa shape index (κ3) is 17.5. The lowest BCUT2D eigenvalue weighted by molar-refractivity contribution is -0.141. The normalized spacial score (nSPS) is 14.9. The number of hydrogen-bond acceptors (Lipinski definition) is 12. The van der Waals surface area contributed by atoms with Crippen molar-refractivity contribution in [1.82, 2.24) is 26.6 Å². The maximum absolute atomic E-state index is 13.2. The summed E-state index contributed by atoms with van der Waals surface area (Å²) in [5.41, 5.74) is 16.7. The van der Waals surface area contributed by atoms with Gasteiger partial charge in [0.25, 0.3) is 0 Å². The first-order valence-electron chi connectivity index (χ1n) is 14.6. The molecule has 0 spiro atoms. The Balaban J connectivity index is 5.64. The Labute approximate surface area is 266 Å². The van der Waals surface area contributed by atoms with Gasteiger partial charge >= 0.3 is 11.9 Å². The molecule has 0 saturated carbocycles. The van der Waals surface area contributed by atoms with Crippen molar-refractivity contribution in [2.45, 2.75) is 94.6 Å². The molecule has 14 N–H and O–H groups in total. The molecule has 258 valence electrons. The molecule has 0 radical (unpaired) electrons. The van der Waals surface area contributed by atoms with E-state index in [2.05, 4.69) is 39.2 Å². The van der Waals surface area contributed by atoms with Crippen molar-refractivity contribution in [3.05, 3.63) is 0 Å². The number of carboxylic acid groups (broad SMARTS) is 2. The zero-order valence-electron chi connectivity index (χ0n) is 25.3. The number of nitrogens with two attached hydrogens (primary N) is 3. The first-order valence-corrected chi connectivity index (χ1v) is 15.2. The van der Waals surface area contributed by atoms with E-state index in [1.54, 1.807) is 0 Å². The second kappa shape index (κ2) is 22.9. The first kappa shape index (κ1) is 41.5. The van der Waals surface area contributed by atoms with E-state index in [0.29, 0.717) is 38.6 Å². The SMILES string of the molecule is C[C@@H](O)[C@H](NC(=O)CNC(=O)[C@@H](N)CCCCN)C(=O)N[C@@H](CCC(=O)O)C(=O)N[C@@H](CCCCN)C(=O)N[C@@H](CS)C(=O)O. The minimum absolute atomic E-state index is 0.0437. The summed E-state index contributed by atoms with van der Waals surface area (Å²) in [7, 11) is 0. The van der Waals surface area contributed by atoms with Crippen LogP contribution in [0.4, 0.5) is 0 Å². The molecule has 0 aliphatic carbocycles. The highest BCUT2D eigenvalue weighted by Crippen LogP contribution is 2.07. The molecule has 0 heterocycles. The van der Waals surface area contributed by atoms with Gasteiger partial charge in [-0.2, -0.15) is 12.6 Å². The quantitative estimate of drug-likeness (QED) is 0.0345. The average molecular weight is 665 g/mol. The van der Waals surface area contributed by atoms with E-state index >= 15 is 0 Å². The van der Waals surface area contributed by atoms with E-state index in [9.17, 15) is 43.8 Å². The fourth-order valence-corrected chi connectivity index (χ4v) is 4.11. The van der Waals surface area contributed by atoms with Crippen LogP contribution in [0.3, 0.4) is 0 Å². The third-order valence-corrected chi connectivity index (χ3v) is 6.83. The van der Waals surface area contributed by atoms with E-state index in [4.69, 9.17) is 22.3 Å². The molecule has 0 unspecified atom stereocenters. The highest BCUT2D eigenvalue weighted by atomic mass is 32.1. The number of aliphatic hydroxyl groups excluding tert-OH is 1. The highest BCUT2D eigenvalue weighted by Gasteiger charge is 2.32. The number of carboxylic acids is 2. The lowest BCUT2D eigenvalue weighted by Crippen LogP contribution is -2.60. The van der Waals surface area contributed by atoms with Crippen LogP contribution in [0.25, 0.3) is 0 Å². The lowest BCUT2D eigenvalue weighted by atomic mass is 10.0. The van der Waals surface area contributed by atoms with E-state index in [1.807, 2.05) is 0 Å². The second-order valence-electron chi connectivity index (χ2n) is 10.3. The van der Waals surface area contributed by atoms with Crippen LogP contribution < -0.4 is 43.8 Å². The summed E-state index contributed by atoms with van der Waals surface area (Å²) in [5.74, 6) is -7.23. The molecule has 18 nitrogen and oxygen atoms in total. The minimum atomic E-state index is -1.62. The molecule has 19 heteroatoms. The molecule has 0 aromatic carbocycles. The summed E-state index contributed by atoms with van der Waals surface area (Å²) in [5, 5.41) is 40.1. The molecular formula is C26H48N8O10S. The maximum Gasteiger partial charge on any atom is 0.327 e. The van der Waals surface area contributed by atoms with Gasteiger partial charge in [-0.05, 0) is 58.5 Å². The van der Waals surface area contributed by atoms with Gasteiger partial charge in [-0.3, -0.25) is 28.8 Å². The van der Waals surface area contributed by atoms with E-state index in [1.165, 1.54) is 6.92 Å². The summed E-state index contributed by atoms with van der Waals surface area (Å²) in [6.45, 7) is 1.32. The van der Waals surface area contributed by atoms with Crippen LogP contribution in [0.15, 0.2) is 0 Å². The van der Waals surface area contributed by atoms with Gasteiger partial charge in [0.05, 0.1) is 18.7 Å². The summed E-state index contributed by atoms with van der Waals surface area (Å²) in [4.78, 5) is 86.3. The third-order valence-electron chi connectivity index (χ3n) is 6.47. The molecule has 0 aromatic rings. The highest BCUT2D eigenvalue weighted by molar-refractivity contribution is 7.80. The number of carbonyl (C=O) groups excluding carboxylic acids is 5. The van der Waals surface area contributed by atoms with Crippen LogP contribution in [0.1, 0.15) is 58.3 Å². The molecule has 0 saturated heterocycles. The Morgan fingerprint density at radius 2 is 1.22 bits per heavy atom. The molecule has 5 amide bonds. The summed E-state index contributed by atoms with van der Waals surface area (Å²) in [6.07, 6.45) is 0.00155. The van der Waals surface area contributed by atoms with Gasteiger partial charge in [0.1, 0.15) is 24.2 Å². The number of carbonyl (C=O) groups is 7. The molecule has 0 bridgehead atoms. The standard InChI is InChI=1S/C26H48N8O10S/c1-14(35)21(34-19(36)12-30-22(39)15(29)6-2-4-10-27)25(42)32-17(8-9-20(37)38)24(41)31-16(7-3-5-11-28)23(40)33-18(13-45)26(43)44/h14-18,21,35,45H,2-13,27-29H2,1H3,(H,30,39)(H,31,41)(H,32,42)(H,33,40)(H,34,36)(H,37,38)(H,43,44)/t14-,15+,16+,17+,18+,21+/m1/s1. The van der Waals surface area contributed by atoms with E-state index in [0.717, 1.165) is 0 Å². The molecule has 6 atom stereocenters. The number of hydrogen-bond donors (Lipinski definition) is 12. The Morgan fingerprint density at radius 3 is 1.71 bits per heavy atom. The Hall–Kier alpha value is -3.52. The molecular weight excluding hydrogens is 616 g/mol. The van der Waals surface area contributed by atoms with Crippen LogP contribution in [-0.2, 0) is 33.6 Å². The number of rotatable bonds is 24. The molecule has 45 heavy (non-hydrogen) atoms. The maximum atomic E-state index is 13.2. The van der Waals surface area contributed by atoms with Crippen molar-refractivity contribution in [3.63, 3.8) is 0 Å². The van der Waals surface area contributed by atoms with Gasteiger partial charge in [-0.1, -0.05) is 6.42 Å². The summed E-state index contributed by atoms with van der Waals surface area (Å²) < 4.78 is 0. The van der Waals surface area contributed by atoms with Gasteiger partial charge in [-0.25, -0.2) is 4.79 Å². The number of amides is 5. The molecule has 0 rings (SSSR count). The lowest BCUT2D eigenvalue weighted by Gasteiger charge is -2.26. The van der Waals surface area contributed by atoms with Crippen molar-refractivity contribution in [2.75, 3.05) is 25.4 Å². The zero-order valence-corrected chi connectivity index (χ0v) is 26.2. The number of thiol groups is 1. The van der Waals surface area contributed by atoms with Crippen molar-refractivity contribution < 1.29 is 48.9 Å². The van der Waals surface area contributed by atoms with Crippen LogP contribution >= 0.6 is 12.6 Å². The van der Waals surface area contributed by atoms with E-state index < -0.39 is 97.2 Å². The molecule has 0 aliphatic rings. The fourth-order valence-electron chi connectivity index (χ4n) is 3.86. The zero-order chi connectivity index (χ0) is 34.5. The molecule has 0 aromatic heterocycles. The largest absolute Gasteiger partial charge is 0.481 e. The smallest absolute Gasteiger partial charge is 0.327 e. The van der Waals surface area contributed by atoms with Crippen molar-refractivity contribution >= 4 is 54.1 Å². The van der Waals surface area contributed by atoms with Gasteiger partial charge in [0, 0.05) is 12.2 Å². The predicted molar refractivity (Wildman–Crippen MR) is 165 cm³/mol. The second-order valence-corrected chi connectivity index (χ2v) is 10.7. The average Bonchev–Trinajstić information content (AvgIpc) is 2.98. The van der Waals surface area contributed by atoms with Gasteiger partial charge in [0.2, 0.25) is 29.5 Å². The topological polar surface area (TPSA) is 318 Å². The number of unbranched alkanes of at least 4 members (excludes halogenated alkanes) is 2. The minimum Gasteiger partial charge on any atom is -0.481 e. The van der Waals surface area contributed by atoms with Gasteiger partial charge in [-0.15, -0.1) is 0 Å². The molecule has 0 fully saturated rings. The fraction of sp³-hybridized carbons (Fsp3) is 0.731. The van der Waals surface area contributed by atoms with Gasteiger partial charge in [0.15, 0.2) is 0 Å². The molecule has 0 aliphatic heterocycles. The summed E-state index contributed by atoms with van der Waals surface area (Å²) in [6, 6.07) is -6.68. The Bertz CT molecular complexity index is 1000. The monoisotopic (exact) mass is 664 g/mol. The number of aliphatic carboxylic acids is 2. The van der Waals surface area contributed by atoms with E-state index in [-0.39, 0.29) is 18.7 Å². The van der Waals surface area contributed by atoms with Crippen molar-refractivity contribution in [1.29, 1.82) is 0 Å². The number of aliphatic hydroxyl groups is 1. The van der Waals surface area contributed by atoms with Crippen molar-refractivity contribution in [2.24, 2.45) is 17.2 Å². The van der Waals surface area contributed by atoms with Crippen LogP contribution in [0, 0.1) is 0 Å². The van der Waals surface area contributed by atoms with Crippen molar-refractivity contribution in [3.8, 4) is 0 Å². The van der Waals surface area contributed by atoms with Crippen LogP contribution in [0.2, 0.25) is 0 Å². The number of nitrogens with one attached hydrogen (secondary N) is 5. The van der Waals surface area contributed by atoms with Gasteiger partial charge < -0.3 is 59.1 Å². The summed E-state index contributed by atoms with van der Waals surface area (Å²) >= 11 is 3.89.